The zero-order valence-corrected chi connectivity index (χ0v) is 19.1. The van der Waals surface area contributed by atoms with Crippen molar-refractivity contribution in [1.82, 2.24) is 5.32 Å². The third-order valence-corrected chi connectivity index (χ3v) is 5.32. The van der Waals surface area contributed by atoms with Gasteiger partial charge in [-0.25, -0.2) is 4.79 Å². The topological polar surface area (TPSA) is 77.0 Å². The Bertz CT molecular complexity index is 797. The van der Waals surface area contributed by atoms with Crippen molar-refractivity contribution in [2.45, 2.75) is 72.0 Å². The van der Waals surface area contributed by atoms with Crippen molar-refractivity contribution >= 4 is 11.7 Å². The van der Waals surface area contributed by atoms with Crippen molar-refractivity contribution in [3.8, 4) is 0 Å². The van der Waals surface area contributed by atoms with E-state index in [2.05, 4.69) is 19.2 Å². The predicted molar refractivity (Wildman–Crippen MR) is 116 cm³/mol. The van der Waals surface area contributed by atoms with Gasteiger partial charge in [-0.15, -0.1) is 0 Å². The van der Waals surface area contributed by atoms with Crippen LogP contribution >= 0.6 is 0 Å². The molecule has 1 spiro atoms. The minimum absolute atomic E-state index is 0.0327. The van der Waals surface area contributed by atoms with Gasteiger partial charge in [-0.1, -0.05) is 58.0 Å². The minimum Gasteiger partial charge on any atom is -0.444 e. The van der Waals surface area contributed by atoms with Gasteiger partial charge in [0.1, 0.15) is 11.7 Å². The number of benzene rings is 1. The highest BCUT2D eigenvalue weighted by molar-refractivity contribution is 5.92. The molecule has 3 rings (SSSR count). The second kappa shape index (κ2) is 7.98. The van der Waals surface area contributed by atoms with Crippen LogP contribution in [0.2, 0.25) is 0 Å². The molecule has 0 saturated carbocycles. The lowest BCUT2D eigenvalue weighted by molar-refractivity contribution is -0.230. The van der Waals surface area contributed by atoms with Crippen LogP contribution in [0.25, 0.3) is 5.57 Å². The highest BCUT2D eigenvalue weighted by Gasteiger charge is 2.63. The van der Waals surface area contributed by atoms with Crippen molar-refractivity contribution in [3.63, 3.8) is 0 Å². The van der Waals surface area contributed by atoms with Crippen LogP contribution in [0.4, 0.5) is 4.79 Å². The highest BCUT2D eigenvalue weighted by Crippen LogP contribution is 2.59. The Labute approximate surface area is 179 Å². The van der Waals surface area contributed by atoms with Gasteiger partial charge in [0.2, 0.25) is 5.79 Å². The number of aliphatic hydroxyl groups is 1. The number of hydrogen-bond donors (Lipinski definition) is 2. The fourth-order valence-corrected chi connectivity index (χ4v) is 3.77. The van der Waals surface area contributed by atoms with Crippen LogP contribution < -0.4 is 5.32 Å². The fraction of sp³-hybridized carbons (Fsp3) is 0.625. The summed E-state index contributed by atoms with van der Waals surface area (Å²) in [5.74, 6) is -1.06. The lowest BCUT2D eigenvalue weighted by Gasteiger charge is -2.38. The molecule has 1 fully saturated rings. The molecule has 6 heteroatoms. The van der Waals surface area contributed by atoms with E-state index in [0.29, 0.717) is 18.8 Å². The summed E-state index contributed by atoms with van der Waals surface area (Å²) in [5.41, 5.74) is 1.76. The zero-order chi connectivity index (χ0) is 22.3. The number of amides is 1. The van der Waals surface area contributed by atoms with Crippen LogP contribution in [0.5, 0.6) is 0 Å². The van der Waals surface area contributed by atoms with E-state index in [0.717, 1.165) is 11.1 Å². The van der Waals surface area contributed by atoms with Crippen molar-refractivity contribution in [3.05, 3.63) is 41.5 Å². The molecule has 30 heavy (non-hydrogen) atoms. The molecule has 2 N–H and O–H groups in total. The molecule has 1 aliphatic carbocycles. The molecule has 1 aromatic carbocycles. The molecule has 2 atom stereocenters. The molecule has 1 amide bonds. The maximum atomic E-state index is 12.4. The van der Waals surface area contributed by atoms with E-state index in [9.17, 15) is 9.90 Å². The van der Waals surface area contributed by atoms with Gasteiger partial charge >= 0.3 is 6.09 Å². The molecular weight excluding hydrogens is 382 g/mol. The van der Waals surface area contributed by atoms with E-state index < -0.39 is 29.6 Å². The number of alkyl carbamates (subject to hydrolysis) is 1. The summed E-state index contributed by atoms with van der Waals surface area (Å²) < 4.78 is 17.8. The summed E-state index contributed by atoms with van der Waals surface area (Å²) in [6, 6.07) is 9.26. The van der Waals surface area contributed by atoms with E-state index in [1.165, 1.54) is 0 Å². The van der Waals surface area contributed by atoms with Crippen LogP contribution in [0.3, 0.4) is 0 Å². The lowest BCUT2D eigenvalue weighted by Crippen LogP contribution is -2.50. The second-order valence-corrected chi connectivity index (χ2v) is 10.4. The highest BCUT2D eigenvalue weighted by atomic mass is 16.7. The first-order chi connectivity index (χ1) is 13.9. The van der Waals surface area contributed by atoms with Gasteiger partial charge in [0, 0.05) is 16.6 Å². The first-order valence-corrected chi connectivity index (χ1v) is 10.6. The number of hydrogen-bond acceptors (Lipinski definition) is 5. The zero-order valence-electron chi connectivity index (χ0n) is 19.1. The second-order valence-electron chi connectivity index (χ2n) is 10.4. The summed E-state index contributed by atoms with van der Waals surface area (Å²) in [4.78, 5) is 12.4. The number of ether oxygens (including phenoxy) is 3. The lowest BCUT2D eigenvalue weighted by atomic mass is 9.94. The number of aliphatic hydroxyl groups excluding tert-OH is 1. The van der Waals surface area contributed by atoms with E-state index in [4.69, 9.17) is 14.2 Å². The SMILES string of the molecule is CC(C)[C@H](NC(=O)OC(C)(C)C)C(O)C1=C(c2ccccc2)C12OCC(C)(C)CO2. The number of carbonyl (C=O) groups is 1. The molecule has 2 aliphatic rings. The van der Waals surface area contributed by atoms with Crippen LogP contribution in [0.15, 0.2) is 35.9 Å². The first kappa shape index (κ1) is 22.8. The van der Waals surface area contributed by atoms with Crippen molar-refractivity contribution < 1.29 is 24.1 Å². The third-order valence-electron chi connectivity index (χ3n) is 5.32. The number of nitrogens with one attached hydrogen (secondary N) is 1. The standard InChI is InChI=1S/C24H35NO5/c1-15(2)19(25-21(27)30-22(3,4)5)20(26)18-17(16-11-9-8-10-12-16)24(18)28-13-23(6,7)14-29-24/h8-12,15,19-20,26H,13-14H2,1-7H3,(H,25,27)/t19-,20?/m0/s1. The van der Waals surface area contributed by atoms with Gasteiger partial charge in [0.05, 0.1) is 19.3 Å². The molecule has 6 nitrogen and oxygen atoms in total. The average Bonchev–Trinajstić information content (AvgIpc) is 3.29. The van der Waals surface area contributed by atoms with Crippen LogP contribution in [0, 0.1) is 11.3 Å². The predicted octanol–water partition coefficient (Wildman–Crippen LogP) is 4.13. The Morgan fingerprint density at radius 1 is 1.13 bits per heavy atom. The maximum absolute atomic E-state index is 12.4. The Morgan fingerprint density at radius 3 is 2.20 bits per heavy atom. The normalized spacial score (nSPS) is 22.0. The molecular formula is C24H35NO5. The van der Waals surface area contributed by atoms with Crippen molar-refractivity contribution in [2.24, 2.45) is 11.3 Å². The third kappa shape index (κ3) is 4.71. The number of rotatable bonds is 5. The molecule has 1 aliphatic heterocycles. The molecule has 1 unspecified atom stereocenters. The van der Waals surface area contributed by atoms with Gasteiger partial charge < -0.3 is 24.6 Å². The van der Waals surface area contributed by atoms with Gasteiger partial charge in [0.25, 0.3) is 0 Å². The van der Waals surface area contributed by atoms with E-state index in [1.807, 2.05) is 65.0 Å². The summed E-state index contributed by atoms with van der Waals surface area (Å²) in [5, 5.41) is 14.2. The van der Waals surface area contributed by atoms with Gasteiger partial charge in [-0.05, 0) is 32.3 Å². The Morgan fingerprint density at radius 2 is 1.70 bits per heavy atom. The summed E-state index contributed by atoms with van der Waals surface area (Å²) in [6.45, 7) is 14.5. The largest absolute Gasteiger partial charge is 0.444 e. The van der Waals surface area contributed by atoms with Crippen LogP contribution in [-0.2, 0) is 14.2 Å². The number of carbonyl (C=O) groups excluding carboxylic acids is 1. The minimum atomic E-state index is -1.03. The molecule has 1 saturated heterocycles. The summed E-state index contributed by atoms with van der Waals surface area (Å²) in [6.07, 6.45) is -1.52. The molecule has 166 valence electrons. The quantitative estimate of drug-likeness (QED) is 0.753. The van der Waals surface area contributed by atoms with E-state index >= 15 is 0 Å². The molecule has 0 bridgehead atoms. The van der Waals surface area contributed by atoms with Crippen LogP contribution in [0.1, 0.15) is 54.0 Å². The van der Waals surface area contributed by atoms with Crippen molar-refractivity contribution in [1.29, 1.82) is 0 Å². The first-order valence-electron chi connectivity index (χ1n) is 10.6. The van der Waals surface area contributed by atoms with Crippen molar-refractivity contribution in [2.75, 3.05) is 13.2 Å². The Balaban J connectivity index is 1.88. The molecule has 1 aromatic rings. The fourth-order valence-electron chi connectivity index (χ4n) is 3.77. The Hall–Kier alpha value is -1.89. The summed E-state index contributed by atoms with van der Waals surface area (Å²) >= 11 is 0. The van der Waals surface area contributed by atoms with Gasteiger partial charge in [0.15, 0.2) is 0 Å². The van der Waals surface area contributed by atoms with Gasteiger partial charge in [-0.3, -0.25) is 0 Å². The molecule has 0 radical (unpaired) electrons. The van der Waals surface area contributed by atoms with E-state index in [1.54, 1.807) is 0 Å². The molecule has 1 heterocycles. The Kier molecular flexibility index (Phi) is 6.07. The van der Waals surface area contributed by atoms with Crippen LogP contribution in [-0.4, -0.2) is 47.9 Å². The monoisotopic (exact) mass is 417 g/mol. The molecule has 0 aromatic heterocycles. The van der Waals surface area contributed by atoms with Gasteiger partial charge in [-0.2, -0.15) is 0 Å². The maximum Gasteiger partial charge on any atom is 0.407 e. The smallest absolute Gasteiger partial charge is 0.407 e. The van der Waals surface area contributed by atoms with E-state index in [-0.39, 0.29) is 11.3 Å². The summed E-state index contributed by atoms with van der Waals surface area (Å²) in [7, 11) is 0. The average molecular weight is 418 g/mol.